The first kappa shape index (κ1) is 22.4. The molecular weight excluding hydrogens is 462 g/mol. The lowest BCUT2D eigenvalue weighted by molar-refractivity contribution is 0.0950. The molecule has 35 heavy (non-hydrogen) atoms. The van der Waals surface area contributed by atoms with E-state index in [0.29, 0.717) is 33.0 Å². The van der Waals surface area contributed by atoms with Crippen LogP contribution in [0.3, 0.4) is 0 Å². The maximum atomic E-state index is 13.4. The van der Waals surface area contributed by atoms with E-state index in [0.717, 1.165) is 22.4 Å². The van der Waals surface area contributed by atoms with E-state index in [-0.39, 0.29) is 17.9 Å². The van der Waals surface area contributed by atoms with Crippen molar-refractivity contribution in [3.8, 4) is 22.4 Å². The number of halogens is 1. The Balaban J connectivity index is 1.60. The topological polar surface area (TPSA) is 101 Å². The normalized spacial score (nSPS) is 10.9. The minimum Gasteiger partial charge on any atom is -0.348 e. The second-order valence-corrected chi connectivity index (χ2v) is 8.42. The fraction of sp³-hybridized carbons (Fsp3) is 0.0741. The van der Waals surface area contributed by atoms with Gasteiger partial charge in [-0.1, -0.05) is 41.9 Å². The van der Waals surface area contributed by atoms with E-state index in [9.17, 15) is 9.59 Å². The molecule has 7 nitrogen and oxygen atoms in total. The predicted octanol–water partition coefficient (Wildman–Crippen LogP) is 4.94. The van der Waals surface area contributed by atoms with Gasteiger partial charge in [0.05, 0.1) is 16.6 Å². The van der Waals surface area contributed by atoms with E-state index < -0.39 is 0 Å². The molecule has 0 unspecified atom stereocenters. The van der Waals surface area contributed by atoms with Crippen molar-refractivity contribution in [2.45, 2.75) is 13.5 Å². The summed E-state index contributed by atoms with van der Waals surface area (Å²) in [4.78, 5) is 41.9. The Kier molecular flexibility index (Phi) is 6.08. The first-order chi connectivity index (χ1) is 17.0. The fourth-order valence-electron chi connectivity index (χ4n) is 3.92. The highest BCUT2D eigenvalue weighted by molar-refractivity contribution is 6.29. The van der Waals surface area contributed by atoms with Gasteiger partial charge in [0, 0.05) is 47.5 Å². The quantitative estimate of drug-likeness (QED) is 0.346. The number of hydrogen-bond acceptors (Lipinski definition) is 5. The van der Waals surface area contributed by atoms with Gasteiger partial charge in [0.1, 0.15) is 10.8 Å². The summed E-state index contributed by atoms with van der Waals surface area (Å²) in [5.74, 6) is -0.308. The Labute approximate surface area is 205 Å². The summed E-state index contributed by atoms with van der Waals surface area (Å²) in [5, 5.41) is 3.55. The van der Waals surface area contributed by atoms with Gasteiger partial charge in [0.25, 0.3) is 5.91 Å². The van der Waals surface area contributed by atoms with Crippen molar-refractivity contribution in [1.82, 2.24) is 25.3 Å². The number of H-pyrrole nitrogens is 1. The summed E-state index contributed by atoms with van der Waals surface area (Å²) in [6.07, 6.45) is 4.66. The van der Waals surface area contributed by atoms with Crippen LogP contribution in [-0.4, -0.2) is 25.8 Å². The largest absolute Gasteiger partial charge is 0.348 e. The Bertz CT molecular complexity index is 1580. The number of benzene rings is 1. The molecule has 172 valence electrons. The molecule has 0 spiro atoms. The van der Waals surface area contributed by atoms with Crippen molar-refractivity contribution < 1.29 is 4.79 Å². The van der Waals surface area contributed by atoms with Gasteiger partial charge in [-0.2, -0.15) is 0 Å². The van der Waals surface area contributed by atoms with Crippen molar-refractivity contribution in [1.29, 1.82) is 0 Å². The fourth-order valence-corrected chi connectivity index (χ4v) is 4.17. The molecule has 1 amide bonds. The van der Waals surface area contributed by atoms with Crippen LogP contribution < -0.4 is 10.7 Å². The van der Waals surface area contributed by atoms with Gasteiger partial charge in [-0.15, -0.1) is 0 Å². The first-order valence-electron chi connectivity index (χ1n) is 10.9. The number of nitrogens with zero attached hydrogens (tertiary/aromatic N) is 3. The van der Waals surface area contributed by atoms with E-state index in [1.807, 2.05) is 49.4 Å². The Morgan fingerprint density at radius 3 is 2.60 bits per heavy atom. The molecule has 0 fully saturated rings. The van der Waals surface area contributed by atoms with E-state index in [1.54, 1.807) is 30.6 Å². The zero-order valence-corrected chi connectivity index (χ0v) is 19.5. The highest BCUT2D eigenvalue weighted by atomic mass is 35.5. The first-order valence-corrected chi connectivity index (χ1v) is 11.3. The molecule has 0 atom stereocenters. The monoisotopic (exact) mass is 481 g/mol. The number of carbonyl (C=O) groups is 1. The van der Waals surface area contributed by atoms with Gasteiger partial charge in [-0.05, 0) is 42.8 Å². The van der Waals surface area contributed by atoms with Crippen LogP contribution in [0.5, 0.6) is 0 Å². The third kappa shape index (κ3) is 4.67. The van der Waals surface area contributed by atoms with E-state index in [1.165, 1.54) is 6.20 Å². The van der Waals surface area contributed by atoms with Crippen LogP contribution in [0.25, 0.3) is 33.4 Å². The average molecular weight is 482 g/mol. The number of amides is 1. The molecule has 0 aliphatic rings. The second kappa shape index (κ2) is 9.48. The van der Waals surface area contributed by atoms with Crippen molar-refractivity contribution >= 4 is 28.5 Å². The number of pyridine rings is 4. The van der Waals surface area contributed by atoms with Gasteiger partial charge in [-0.25, -0.2) is 9.97 Å². The van der Waals surface area contributed by atoms with Crippen molar-refractivity contribution in [3.63, 3.8) is 0 Å². The molecule has 0 aliphatic heterocycles. The third-order valence-corrected chi connectivity index (χ3v) is 5.78. The number of aryl methyl sites for hydroxylation is 1. The van der Waals surface area contributed by atoms with Crippen LogP contribution in [0.2, 0.25) is 5.15 Å². The minimum absolute atomic E-state index is 0.0644. The number of rotatable bonds is 5. The minimum atomic E-state index is -0.308. The molecule has 0 aliphatic carbocycles. The Morgan fingerprint density at radius 2 is 1.86 bits per heavy atom. The zero-order chi connectivity index (χ0) is 24.4. The lowest BCUT2D eigenvalue weighted by Crippen LogP contribution is -2.26. The van der Waals surface area contributed by atoms with Gasteiger partial charge in [-0.3, -0.25) is 14.6 Å². The zero-order valence-electron chi connectivity index (χ0n) is 18.7. The maximum Gasteiger partial charge on any atom is 0.253 e. The summed E-state index contributed by atoms with van der Waals surface area (Å²) >= 11 is 6.25. The van der Waals surface area contributed by atoms with Crippen molar-refractivity contribution in [2.75, 3.05) is 0 Å². The molecule has 0 saturated carbocycles. The predicted molar refractivity (Wildman–Crippen MR) is 136 cm³/mol. The highest BCUT2D eigenvalue weighted by Crippen LogP contribution is 2.33. The lowest BCUT2D eigenvalue weighted by atomic mass is 9.98. The Hall–Kier alpha value is -4.36. The maximum absolute atomic E-state index is 13.4. The van der Waals surface area contributed by atoms with Gasteiger partial charge in [0.2, 0.25) is 0 Å². The number of nitrogens with one attached hydrogen (secondary N) is 2. The third-order valence-electron chi connectivity index (χ3n) is 5.59. The van der Waals surface area contributed by atoms with Gasteiger partial charge < -0.3 is 10.3 Å². The molecule has 0 radical (unpaired) electrons. The van der Waals surface area contributed by atoms with Crippen LogP contribution in [0.4, 0.5) is 0 Å². The highest BCUT2D eigenvalue weighted by Gasteiger charge is 2.16. The molecule has 2 N–H and O–H groups in total. The van der Waals surface area contributed by atoms with Gasteiger partial charge >= 0.3 is 0 Å². The average Bonchev–Trinajstić information content (AvgIpc) is 2.88. The molecule has 1 aromatic carbocycles. The number of aromatic nitrogens is 4. The summed E-state index contributed by atoms with van der Waals surface area (Å²) in [7, 11) is 0. The van der Waals surface area contributed by atoms with E-state index >= 15 is 0 Å². The molecule has 5 rings (SSSR count). The van der Waals surface area contributed by atoms with Crippen LogP contribution in [0, 0.1) is 6.92 Å². The molecule has 4 aromatic heterocycles. The molecule has 0 saturated heterocycles. The number of carbonyl (C=O) groups excluding carboxylic acids is 1. The molecule has 8 heteroatoms. The molecule has 4 heterocycles. The molecular formula is C27H20ClN5O2. The summed E-state index contributed by atoms with van der Waals surface area (Å²) in [6, 6.07) is 18.6. The smallest absolute Gasteiger partial charge is 0.253 e. The molecule has 0 bridgehead atoms. The van der Waals surface area contributed by atoms with Crippen LogP contribution in [-0.2, 0) is 6.54 Å². The summed E-state index contributed by atoms with van der Waals surface area (Å²) in [5.41, 5.74) is 5.03. The number of hydrogen-bond donors (Lipinski definition) is 2. The Morgan fingerprint density at radius 1 is 1.03 bits per heavy atom. The SMILES string of the molecule is Cc1cc(-c2cc3c(=O)c(CNC(=O)c4cccnc4)c[nH]c3nc2-c2ccccc2)cc(Cl)n1. The van der Waals surface area contributed by atoms with Crippen LogP contribution in [0.1, 0.15) is 21.6 Å². The van der Waals surface area contributed by atoms with Gasteiger partial charge in [0.15, 0.2) is 5.43 Å². The van der Waals surface area contributed by atoms with Crippen molar-refractivity contribution in [2.24, 2.45) is 0 Å². The van der Waals surface area contributed by atoms with Crippen LogP contribution >= 0.6 is 11.6 Å². The lowest BCUT2D eigenvalue weighted by Gasteiger charge is -2.13. The van der Waals surface area contributed by atoms with E-state index in [4.69, 9.17) is 16.6 Å². The standard InChI is InChI=1S/C27H20ClN5O2/c1-16-10-19(11-23(28)32-16)21-12-22-25(34)20(15-31-27(35)18-8-5-9-29-13-18)14-30-26(22)33-24(21)17-6-3-2-4-7-17/h2-14H,15H2,1H3,(H,31,35)(H,30,33,34). The van der Waals surface area contributed by atoms with Crippen LogP contribution in [0.15, 0.2) is 84.0 Å². The summed E-state index contributed by atoms with van der Waals surface area (Å²) in [6.45, 7) is 1.93. The number of fused-ring (bicyclic) bond motifs is 1. The van der Waals surface area contributed by atoms with Crippen molar-refractivity contribution in [3.05, 3.63) is 111 Å². The molecule has 5 aromatic rings. The second-order valence-electron chi connectivity index (χ2n) is 8.03. The van der Waals surface area contributed by atoms with E-state index in [2.05, 4.69) is 20.3 Å². The number of aromatic amines is 1. The summed E-state index contributed by atoms with van der Waals surface area (Å²) < 4.78 is 0.